The first-order valence-corrected chi connectivity index (χ1v) is 6.01. The summed E-state index contributed by atoms with van der Waals surface area (Å²) in [5.41, 5.74) is 2.41. The Morgan fingerprint density at radius 2 is 1.95 bits per heavy atom. The normalized spacial score (nSPS) is 10.7. The Kier molecular flexibility index (Phi) is 3.22. The van der Waals surface area contributed by atoms with Gasteiger partial charge in [0.2, 0.25) is 0 Å². The largest absolute Gasteiger partial charge is 0.390 e. The maximum Gasteiger partial charge on any atom is 0.125 e. The lowest BCUT2D eigenvalue weighted by Crippen LogP contribution is -2.00. The van der Waals surface area contributed by atoms with Crippen LogP contribution in [0.25, 0.3) is 16.9 Å². The molecule has 1 aromatic carbocycles. The zero-order valence-corrected chi connectivity index (χ0v) is 10.4. The van der Waals surface area contributed by atoms with E-state index in [4.69, 9.17) is 0 Å². The van der Waals surface area contributed by atoms with Crippen LogP contribution in [-0.2, 0) is 6.61 Å². The van der Waals surface area contributed by atoms with Crippen LogP contribution in [0.2, 0.25) is 0 Å². The van der Waals surface area contributed by atoms with Gasteiger partial charge in [0.05, 0.1) is 12.3 Å². The van der Waals surface area contributed by atoms with Crippen molar-refractivity contribution >= 4 is 0 Å². The van der Waals surface area contributed by atoms with Gasteiger partial charge in [-0.3, -0.25) is 4.98 Å². The fraction of sp³-hybridized carbons (Fsp3) is 0.0714. The van der Waals surface area contributed by atoms with Crippen LogP contribution in [0.1, 0.15) is 5.69 Å². The van der Waals surface area contributed by atoms with Crippen LogP contribution >= 0.6 is 0 Å². The molecule has 0 spiro atoms. The standard InChI is InChI=1S/C14H11FN4O/c15-11-2-1-3-12(8-11)19-14(13(9-20)17-18-19)10-4-6-16-7-5-10/h1-8,20H,9H2. The number of aliphatic hydroxyl groups excluding tert-OH is 1. The molecule has 3 aromatic rings. The second-order valence-corrected chi connectivity index (χ2v) is 4.17. The molecule has 2 aromatic heterocycles. The van der Waals surface area contributed by atoms with Gasteiger partial charge in [-0.15, -0.1) is 5.10 Å². The van der Waals surface area contributed by atoms with Crippen molar-refractivity contribution in [1.82, 2.24) is 20.0 Å². The highest BCUT2D eigenvalue weighted by Crippen LogP contribution is 2.24. The molecule has 0 amide bonds. The Bertz CT molecular complexity index is 727. The zero-order chi connectivity index (χ0) is 13.9. The summed E-state index contributed by atoms with van der Waals surface area (Å²) in [6.45, 7) is -0.243. The van der Waals surface area contributed by atoms with E-state index in [2.05, 4.69) is 15.3 Å². The Morgan fingerprint density at radius 1 is 1.15 bits per heavy atom. The van der Waals surface area contributed by atoms with Crippen LogP contribution in [0.3, 0.4) is 0 Å². The monoisotopic (exact) mass is 270 g/mol. The van der Waals surface area contributed by atoms with Gasteiger partial charge in [0, 0.05) is 18.0 Å². The van der Waals surface area contributed by atoms with Crippen LogP contribution < -0.4 is 0 Å². The van der Waals surface area contributed by atoms with E-state index in [0.717, 1.165) is 5.56 Å². The van der Waals surface area contributed by atoms with Crippen LogP contribution in [0.4, 0.5) is 4.39 Å². The van der Waals surface area contributed by atoms with E-state index in [-0.39, 0.29) is 12.4 Å². The molecule has 5 nitrogen and oxygen atoms in total. The highest BCUT2D eigenvalue weighted by atomic mass is 19.1. The summed E-state index contributed by atoms with van der Waals surface area (Å²) in [4.78, 5) is 3.95. The summed E-state index contributed by atoms with van der Waals surface area (Å²) in [6.07, 6.45) is 3.28. The van der Waals surface area contributed by atoms with Crippen molar-refractivity contribution in [3.63, 3.8) is 0 Å². The smallest absolute Gasteiger partial charge is 0.125 e. The molecule has 0 radical (unpaired) electrons. The first-order chi connectivity index (χ1) is 9.79. The lowest BCUT2D eigenvalue weighted by atomic mass is 10.1. The first kappa shape index (κ1) is 12.4. The number of benzene rings is 1. The molecule has 1 N–H and O–H groups in total. The molecular formula is C14H11FN4O. The van der Waals surface area contributed by atoms with Crippen LogP contribution in [0.15, 0.2) is 48.8 Å². The van der Waals surface area contributed by atoms with Gasteiger partial charge in [-0.2, -0.15) is 0 Å². The summed E-state index contributed by atoms with van der Waals surface area (Å²) in [6, 6.07) is 9.62. The molecule has 3 rings (SSSR count). The van der Waals surface area contributed by atoms with Crippen LogP contribution in [0, 0.1) is 5.82 Å². The first-order valence-electron chi connectivity index (χ1n) is 6.01. The molecular weight excluding hydrogens is 259 g/mol. The highest BCUT2D eigenvalue weighted by Gasteiger charge is 2.15. The molecule has 0 aliphatic rings. The Balaban J connectivity index is 2.20. The molecule has 0 unspecified atom stereocenters. The maximum atomic E-state index is 13.4. The number of pyridine rings is 1. The molecule has 6 heteroatoms. The average Bonchev–Trinajstić information content (AvgIpc) is 2.92. The summed E-state index contributed by atoms with van der Waals surface area (Å²) in [7, 11) is 0. The van der Waals surface area contributed by atoms with E-state index in [1.54, 1.807) is 36.7 Å². The molecule has 100 valence electrons. The number of nitrogens with zero attached hydrogens (tertiary/aromatic N) is 4. The predicted octanol–water partition coefficient (Wildman–Crippen LogP) is 1.96. The van der Waals surface area contributed by atoms with E-state index in [0.29, 0.717) is 17.1 Å². The van der Waals surface area contributed by atoms with Crippen LogP contribution in [-0.4, -0.2) is 25.1 Å². The SMILES string of the molecule is OCc1nnn(-c2cccc(F)c2)c1-c1ccncc1. The van der Waals surface area contributed by atoms with E-state index >= 15 is 0 Å². The second kappa shape index (κ2) is 5.18. The van der Waals surface area contributed by atoms with Crippen molar-refractivity contribution in [1.29, 1.82) is 0 Å². The van der Waals surface area contributed by atoms with Crippen molar-refractivity contribution < 1.29 is 9.50 Å². The highest BCUT2D eigenvalue weighted by molar-refractivity contribution is 5.63. The number of hydrogen-bond acceptors (Lipinski definition) is 4. The van der Waals surface area contributed by atoms with Gasteiger partial charge >= 0.3 is 0 Å². The Morgan fingerprint density at radius 3 is 2.65 bits per heavy atom. The summed E-state index contributed by atoms with van der Waals surface area (Å²) in [5.74, 6) is -0.357. The Labute approximate surface area is 114 Å². The van der Waals surface area contributed by atoms with Gasteiger partial charge in [-0.25, -0.2) is 9.07 Å². The third-order valence-electron chi connectivity index (χ3n) is 2.90. The van der Waals surface area contributed by atoms with Crippen molar-refractivity contribution in [2.24, 2.45) is 0 Å². The molecule has 0 bridgehead atoms. The molecule has 0 aliphatic carbocycles. The van der Waals surface area contributed by atoms with Crippen molar-refractivity contribution in [2.45, 2.75) is 6.61 Å². The van der Waals surface area contributed by atoms with E-state index in [1.807, 2.05) is 0 Å². The van der Waals surface area contributed by atoms with E-state index in [9.17, 15) is 9.50 Å². The molecule has 20 heavy (non-hydrogen) atoms. The summed E-state index contributed by atoms with van der Waals surface area (Å²) < 4.78 is 14.9. The van der Waals surface area contributed by atoms with Crippen molar-refractivity contribution in [2.75, 3.05) is 0 Å². The maximum absolute atomic E-state index is 13.4. The number of halogens is 1. The summed E-state index contributed by atoms with van der Waals surface area (Å²) in [5, 5.41) is 17.3. The lowest BCUT2D eigenvalue weighted by Gasteiger charge is -2.07. The predicted molar refractivity (Wildman–Crippen MR) is 70.5 cm³/mol. The lowest BCUT2D eigenvalue weighted by molar-refractivity contribution is 0.277. The molecule has 0 saturated heterocycles. The number of hydrogen-bond donors (Lipinski definition) is 1. The van der Waals surface area contributed by atoms with Crippen molar-refractivity contribution in [3.8, 4) is 16.9 Å². The minimum atomic E-state index is -0.357. The van der Waals surface area contributed by atoms with Gasteiger partial charge in [0.1, 0.15) is 17.2 Å². The number of rotatable bonds is 3. The van der Waals surface area contributed by atoms with Gasteiger partial charge in [-0.1, -0.05) is 11.3 Å². The fourth-order valence-corrected chi connectivity index (χ4v) is 2.01. The van der Waals surface area contributed by atoms with Crippen molar-refractivity contribution in [3.05, 3.63) is 60.3 Å². The molecule has 0 atom stereocenters. The topological polar surface area (TPSA) is 63.8 Å². The number of aromatic nitrogens is 4. The van der Waals surface area contributed by atoms with E-state index in [1.165, 1.54) is 16.8 Å². The van der Waals surface area contributed by atoms with Gasteiger partial charge < -0.3 is 5.11 Å². The second-order valence-electron chi connectivity index (χ2n) is 4.17. The quantitative estimate of drug-likeness (QED) is 0.790. The third kappa shape index (κ3) is 2.17. The number of aliphatic hydroxyl groups is 1. The van der Waals surface area contributed by atoms with Gasteiger partial charge in [0.25, 0.3) is 0 Å². The molecule has 0 fully saturated rings. The van der Waals surface area contributed by atoms with Crippen LogP contribution in [0.5, 0.6) is 0 Å². The van der Waals surface area contributed by atoms with Gasteiger partial charge in [0.15, 0.2) is 0 Å². The zero-order valence-electron chi connectivity index (χ0n) is 10.4. The minimum absolute atomic E-state index is 0.243. The fourth-order valence-electron chi connectivity index (χ4n) is 2.01. The molecule has 0 saturated carbocycles. The minimum Gasteiger partial charge on any atom is -0.390 e. The molecule has 0 aliphatic heterocycles. The Hall–Kier alpha value is -2.60. The average molecular weight is 270 g/mol. The summed E-state index contributed by atoms with van der Waals surface area (Å²) >= 11 is 0. The molecule has 2 heterocycles. The van der Waals surface area contributed by atoms with Gasteiger partial charge in [-0.05, 0) is 30.3 Å². The third-order valence-corrected chi connectivity index (χ3v) is 2.90. The van der Waals surface area contributed by atoms with E-state index < -0.39 is 0 Å².